The molecular formula is C20H29FN6O. The van der Waals surface area contributed by atoms with E-state index >= 15 is 0 Å². The van der Waals surface area contributed by atoms with E-state index < -0.39 is 11.7 Å². The number of nitrogen functional groups attached to an aromatic ring is 1. The van der Waals surface area contributed by atoms with E-state index in [0.717, 1.165) is 31.7 Å². The second-order valence-corrected chi connectivity index (χ2v) is 6.47. The maximum Gasteiger partial charge on any atom is 0.272 e. The number of halogens is 1. The molecule has 0 aliphatic carbocycles. The molecule has 152 valence electrons. The van der Waals surface area contributed by atoms with Crippen molar-refractivity contribution in [1.29, 1.82) is 0 Å². The van der Waals surface area contributed by atoms with Gasteiger partial charge in [0, 0.05) is 51.5 Å². The number of nitrogens with one attached hydrogen (secondary N) is 1. The number of amides is 1. The van der Waals surface area contributed by atoms with Crippen LogP contribution in [0.2, 0.25) is 0 Å². The maximum atomic E-state index is 14.2. The van der Waals surface area contributed by atoms with Gasteiger partial charge in [-0.15, -0.1) is 0 Å². The summed E-state index contributed by atoms with van der Waals surface area (Å²) in [5, 5.41) is 2.39. The Hall–Kier alpha value is -2.74. The molecule has 0 aromatic carbocycles. The molecule has 1 aliphatic rings. The van der Waals surface area contributed by atoms with E-state index in [2.05, 4.69) is 32.0 Å². The van der Waals surface area contributed by atoms with Crippen LogP contribution < -0.4 is 16.0 Å². The first kappa shape index (κ1) is 21.6. The van der Waals surface area contributed by atoms with Gasteiger partial charge in [0.1, 0.15) is 5.82 Å². The number of anilines is 2. The summed E-state index contributed by atoms with van der Waals surface area (Å²) in [5.74, 6) is -0.612. The van der Waals surface area contributed by atoms with Crippen molar-refractivity contribution in [2.24, 2.45) is 0 Å². The van der Waals surface area contributed by atoms with Crippen LogP contribution in [0.1, 0.15) is 36.8 Å². The van der Waals surface area contributed by atoms with Crippen molar-refractivity contribution >= 4 is 17.4 Å². The fraction of sp³-hybridized carbons (Fsp3) is 0.450. The summed E-state index contributed by atoms with van der Waals surface area (Å²) in [5.41, 5.74) is 7.37. The normalized spacial score (nSPS) is 16.9. The first-order chi connectivity index (χ1) is 13.5. The molecule has 2 aromatic rings. The summed E-state index contributed by atoms with van der Waals surface area (Å²) in [6.45, 7) is 9.32. The molecule has 2 aromatic heterocycles. The molecule has 3 rings (SSSR count). The quantitative estimate of drug-likeness (QED) is 0.836. The minimum atomic E-state index is -0.608. The Balaban J connectivity index is 0.00000136. The zero-order chi connectivity index (χ0) is 20.7. The van der Waals surface area contributed by atoms with Gasteiger partial charge in [0.05, 0.1) is 11.9 Å². The molecule has 0 saturated carbocycles. The van der Waals surface area contributed by atoms with E-state index in [-0.39, 0.29) is 11.7 Å². The number of carbonyl (C=O) groups is 1. The third kappa shape index (κ3) is 5.16. The minimum Gasteiger partial charge on any atom is -0.384 e. The third-order valence-corrected chi connectivity index (χ3v) is 4.56. The number of rotatable bonds is 4. The molecule has 0 bridgehead atoms. The molecule has 3 N–H and O–H groups in total. The lowest BCUT2D eigenvalue weighted by Gasteiger charge is -2.41. The molecule has 7 nitrogen and oxygen atoms in total. The summed E-state index contributed by atoms with van der Waals surface area (Å²) in [4.78, 5) is 24.0. The first-order valence-corrected chi connectivity index (χ1v) is 9.55. The minimum absolute atomic E-state index is 0.183. The van der Waals surface area contributed by atoms with Crippen molar-refractivity contribution in [3.05, 3.63) is 47.7 Å². The number of aromatic nitrogens is 2. The van der Waals surface area contributed by atoms with Crippen LogP contribution in [0.4, 0.5) is 15.9 Å². The highest BCUT2D eigenvalue weighted by Crippen LogP contribution is 2.22. The van der Waals surface area contributed by atoms with Gasteiger partial charge >= 0.3 is 0 Å². The molecule has 0 spiro atoms. The lowest BCUT2D eigenvalue weighted by atomic mass is 10.1. The lowest BCUT2D eigenvalue weighted by molar-refractivity contribution is 0.0953. The molecule has 8 heteroatoms. The Morgan fingerprint density at radius 2 is 2.07 bits per heavy atom. The van der Waals surface area contributed by atoms with Crippen LogP contribution in [0.25, 0.3) is 0 Å². The zero-order valence-corrected chi connectivity index (χ0v) is 16.9. The Labute approximate surface area is 165 Å². The lowest BCUT2D eigenvalue weighted by Crippen LogP contribution is -2.51. The van der Waals surface area contributed by atoms with E-state index in [0.29, 0.717) is 11.5 Å². The maximum absolute atomic E-state index is 14.2. The number of nitrogens with zero attached hydrogens (tertiary/aromatic N) is 4. The summed E-state index contributed by atoms with van der Waals surface area (Å²) >= 11 is 0. The second-order valence-electron chi connectivity index (χ2n) is 6.47. The zero-order valence-electron chi connectivity index (χ0n) is 16.9. The van der Waals surface area contributed by atoms with Crippen LogP contribution in [0.5, 0.6) is 0 Å². The first-order valence-electron chi connectivity index (χ1n) is 9.55. The number of piperazine rings is 1. The fourth-order valence-corrected chi connectivity index (χ4v) is 3.28. The predicted molar refractivity (Wildman–Crippen MR) is 110 cm³/mol. The summed E-state index contributed by atoms with van der Waals surface area (Å²) < 4.78 is 14.2. The largest absolute Gasteiger partial charge is 0.384 e. The van der Waals surface area contributed by atoms with Gasteiger partial charge in [-0.25, -0.2) is 14.4 Å². The van der Waals surface area contributed by atoms with Crippen LogP contribution in [-0.2, 0) is 6.54 Å². The van der Waals surface area contributed by atoms with Gasteiger partial charge in [0.15, 0.2) is 11.5 Å². The number of carbonyl (C=O) groups excluding carboxylic acids is 1. The smallest absolute Gasteiger partial charge is 0.272 e. The molecule has 1 unspecified atom stereocenters. The predicted octanol–water partition coefficient (Wildman–Crippen LogP) is 2.29. The highest BCUT2D eigenvalue weighted by Gasteiger charge is 2.25. The molecule has 0 radical (unpaired) electrons. The molecule has 28 heavy (non-hydrogen) atoms. The summed E-state index contributed by atoms with van der Waals surface area (Å²) in [6.07, 6.45) is 3.27. The van der Waals surface area contributed by atoms with E-state index in [1.807, 2.05) is 26.0 Å². The second kappa shape index (κ2) is 9.98. The van der Waals surface area contributed by atoms with Gasteiger partial charge in [-0.3, -0.25) is 9.69 Å². The highest BCUT2D eigenvalue weighted by molar-refractivity contribution is 5.92. The van der Waals surface area contributed by atoms with Gasteiger partial charge in [-0.1, -0.05) is 13.8 Å². The third-order valence-electron chi connectivity index (χ3n) is 4.56. The molecule has 1 aliphatic heterocycles. The molecule has 1 saturated heterocycles. The Bertz CT molecular complexity index is 800. The van der Waals surface area contributed by atoms with Gasteiger partial charge in [-0.05, 0) is 24.6 Å². The van der Waals surface area contributed by atoms with Crippen LogP contribution >= 0.6 is 0 Å². The van der Waals surface area contributed by atoms with Crippen LogP contribution in [0.15, 0.2) is 30.6 Å². The molecular weight excluding hydrogens is 359 g/mol. The van der Waals surface area contributed by atoms with E-state index in [9.17, 15) is 9.18 Å². The van der Waals surface area contributed by atoms with E-state index in [4.69, 9.17) is 5.73 Å². The van der Waals surface area contributed by atoms with Crippen molar-refractivity contribution in [2.75, 3.05) is 37.3 Å². The van der Waals surface area contributed by atoms with Crippen molar-refractivity contribution in [2.45, 2.75) is 33.4 Å². The van der Waals surface area contributed by atoms with Gasteiger partial charge in [0.2, 0.25) is 0 Å². The Kier molecular flexibility index (Phi) is 7.69. The monoisotopic (exact) mass is 388 g/mol. The van der Waals surface area contributed by atoms with E-state index in [1.54, 1.807) is 12.4 Å². The number of hydrogen-bond acceptors (Lipinski definition) is 6. The topological polar surface area (TPSA) is 87.4 Å². The van der Waals surface area contributed by atoms with Gasteiger partial charge in [-0.2, -0.15) is 0 Å². The van der Waals surface area contributed by atoms with Crippen molar-refractivity contribution in [1.82, 2.24) is 20.2 Å². The average Bonchev–Trinajstić information content (AvgIpc) is 2.69. The standard InChI is InChI=1S/C18H23FN6O.C2H6/c1-12-10-24(11-13-3-4-22-16(20)7-13)5-6-25(12)14-8-15(19)17(23-9-14)18(26)21-2;1-2/h3-4,7-9,12H,5-6,10-11H2,1-2H3,(H2,20,22)(H,21,26);1-2H3. The SMILES string of the molecule is CC.CNC(=O)c1ncc(N2CCN(Cc3ccnc(N)c3)CC2C)cc1F. The Morgan fingerprint density at radius 3 is 2.68 bits per heavy atom. The number of nitrogens with two attached hydrogens (primary N) is 1. The van der Waals surface area contributed by atoms with E-state index in [1.165, 1.54) is 13.1 Å². The number of pyridine rings is 2. The molecule has 3 heterocycles. The van der Waals surface area contributed by atoms with Crippen molar-refractivity contribution < 1.29 is 9.18 Å². The number of hydrogen-bond donors (Lipinski definition) is 2. The molecule has 1 amide bonds. The van der Waals surface area contributed by atoms with Gasteiger partial charge in [0.25, 0.3) is 5.91 Å². The molecule has 1 fully saturated rings. The summed E-state index contributed by atoms with van der Waals surface area (Å²) in [6, 6.07) is 5.42. The van der Waals surface area contributed by atoms with Crippen LogP contribution in [-0.4, -0.2) is 53.5 Å². The summed E-state index contributed by atoms with van der Waals surface area (Å²) in [7, 11) is 1.45. The van der Waals surface area contributed by atoms with Crippen molar-refractivity contribution in [3.63, 3.8) is 0 Å². The fourth-order valence-electron chi connectivity index (χ4n) is 3.28. The Morgan fingerprint density at radius 1 is 1.32 bits per heavy atom. The highest BCUT2D eigenvalue weighted by atomic mass is 19.1. The average molecular weight is 388 g/mol. The van der Waals surface area contributed by atoms with Crippen LogP contribution in [0, 0.1) is 5.82 Å². The molecule has 1 atom stereocenters. The van der Waals surface area contributed by atoms with Gasteiger partial charge < -0.3 is 16.0 Å². The van der Waals surface area contributed by atoms with Crippen molar-refractivity contribution in [3.8, 4) is 0 Å². The van der Waals surface area contributed by atoms with Crippen LogP contribution in [0.3, 0.4) is 0 Å².